The largest absolute Gasteiger partial charge is 0.336 e. The summed E-state index contributed by atoms with van der Waals surface area (Å²) in [5, 5.41) is 0. The Balaban J connectivity index is 1.44. The standard InChI is InChI=1S/C24H27N3O5S/c1-4-16(2)17-5-8-19(9-6-17)33(31,32)27-13-11-26(12-14-27)22(28)18-7-10-20-21(15-18)24(30)25(3)23(20)29/h5-10,15-16H,4,11-14H2,1-3H3. The van der Waals surface area contributed by atoms with Crippen LogP contribution in [0.15, 0.2) is 47.4 Å². The summed E-state index contributed by atoms with van der Waals surface area (Å²) in [7, 11) is -2.24. The first-order valence-corrected chi connectivity index (χ1v) is 12.4. The molecule has 2 aromatic carbocycles. The minimum Gasteiger partial charge on any atom is -0.336 e. The fourth-order valence-electron chi connectivity index (χ4n) is 4.16. The molecule has 0 aromatic heterocycles. The molecule has 1 saturated heterocycles. The lowest BCUT2D eigenvalue weighted by molar-refractivity contribution is 0.0688. The lowest BCUT2D eigenvalue weighted by Gasteiger charge is -2.34. The van der Waals surface area contributed by atoms with Gasteiger partial charge in [0.1, 0.15) is 0 Å². The van der Waals surface area contributed by atoms with Crippen molar-refractivity contribution in [3.05, 3.63) is 64.7 Å². The van der Waals surface area contributed by atoms with Crippen LogP contribution in [-0.4, -0.2) is 73.5 Å². The van der Waals surface area contributed by atoms with Gasteiger partial charge >= 0.3 is 0 Å². The lowest BCUT2D eigenvalue weighted by atomic mass is 9.99. The molecular weight excluding hydrogens is 442 g/mol. The van der Waals surface area contributed by atoms with Gasteiger partial charge in [-0.05, 0) is 48.2 Å². The molecule has 0 radical (unpaired) electrons. The summed E-state index contributed by atoms with van der Waals surface area (Å²) < 4.78 is 27.5. The first-order valence-electron chi connectivity index (χ1n) is 11.0. The number of rotatable bonds is 5. The third-order valence-corrected chi connectivity index (χ3v) is 8.47. The van der Waals surface area contributed by atoms with Crippen LogP contribution in [0, 0.1) is 0 Å². The molecule has 0 spiro atoms. The maximum Gasteiger partial charge on any atom is 0.261 e. The highest BCUT2D eigenvalue weighted by molar-refractivity contribution is 7.89. The van der Waals surface area contributed by atoms with Gasteiger partial charge in [0.25, 0.3) is 17.7 Å². The zero-order valence-electron chi connectivity index (χ0n) is 18.9. The molecule has 4 rings (SSSR count). The van der Waals surface area contributed by atoms with Gasteiger partial charge in [-0.3, -0.25) is 19.3 Å². The molecule has 2 aliphatic rings. The third kappa shape index (κ3) is 4.06. The summed E-state index contributed by atoms with van der Waals surface area (Å²) in [6.45, 7) is 5.06. The topological polar surface area (TPSA) is 95.1 Å². The molecule has 2 heterocycles. The Bertz CT molecular complexity index is 1220. The Morgan fingerprint density at radius 2 is 1.55 bits per heavy atom. The number of piperazine rings is 1. The number of hydrogen-bond acceptors (Lipinski definition) is 5. The number of imide groups is 1. The monoisotopic (exact) mass is 469 g/mol. The highest BCUT2D eigenvalue weighted by atomic mass is 32.2. The maximum atomic E-state index is 13.1. The van der Waals surface area contributed by atoms with E-state index in [4.69, 9.17) is 0 Å². The number of nitrogens with zero attached hydrogens (tertiary/aromatic N) is 3. The predicted octanol–water partition coefficient (Wildman–Crippen LogP) is 2.57. The quantitative estimate of drug-likeness (QED) is 0.628. The van der Waals surface area contributed by atoms with E-state index in [2.05, 4.69) is 13.8 Å². The molecule has 2 aromatic rings. The van der Waals surface area contributed by atoms with Crippen LogP contribution in [-0.2, 0) is 10.0 Å². The second-order valence-corrected chi connectivity index (χ2v) is 10.4. The normalized spacial score (nSPS) is 17.9. The van der Waals surface area contributed by atoms with Gasteiger partial charge in [-0.2, -0.15) is 4.31 Å². The van der Waals surface area contributed by atoms with Crippen molar-refractivity contribution in [1.82, 2.24) is 14.1 Å². The molecule has 3 amide bonds. The number of carbonyl (C=O) groups excluding carboxylic acids is 3. The van der Waals surface area contributed by atoms with Crippen molar-refractivity contribution in [3.8, 4) is 0 Å². The average molecular weight is 470 g/mol. The summed E-state index contributed by atoms with van der Waals surface area (Å²) in [6, 6.07) is 11.5. The zero-order chi connectivity index (χ0) is 23.9. The average Bonchev–Trinajstić information content (AvgIpc) is 3.06. The van der Waals surface area contributed by atoms with Gasteiger partial charge in [0.05, 0.1) is 16.0 Å². The van der Waals surface area contributed by atoms with E-state index >= 15 is 0 Å². The van der Waals surface area contributed by atoms with Crippen LogP contribution >= 0.6 is 0 Å². The fourth-order valence-corrected chi connectivity index (χ4v) is 5.58. The van der Waals surface area contributed by atoms with E-state index in [1.54, 1.807) is 17.0 Å². The Hall–Kier alpha value is -3.04. The second-order valence-electron chi connectivity index (χ2n) is 8.50. The Kier molecular flexibility index (Phi) is 6.11. The van der Waals surface area contributed by atoms with Crippen molar-refractivity contribution < 1.29 is 22.8 Å². The van der Waals surface area contributed by atoms with Crippen LogP contribution in [0.2, 0.25) is 0 Å². The molecule has 2 aliphatic heterocycles. The number of sulfonamides is 1. The molecule has 8 nitrogen and oxygen atoms in total. The van der Waals surface area contributed by atoms with Gasteiger partial charge in [0.15, 0.2) is 0 Å². The van der Waals surface area contributed by atoms with Crippen LogP contribution in [0.3, 0.4) is 0 Å². The van der Waals surface area contributed by atoms with Gasteiger partial charge in [-0.25, -0.2) is 8.42 Å². The molecule has 1 unspecified atom stereocenters. The zero-order valence-corrected chi connectivity index (χ0v) is 19.8. The van der Waals surface area contributed by atoms with Crippen molar-refractivity contribution in [2.45, 2.75) is 31.1 Å². The molecule has 174 valence electrons. The van der Waals surface area contributed by atoms with E-state index in [-0.39, 0.29) is 54.0 Å². The summed E-state index contributed by atoms with van der Waals surface area (Å²) in [4.78, 5) is 40.1. The smallest absolute Gasteiger partial charge is 0.261 e. The molecule has 0 N–H and O–H groups in total. The van der Waals surface area contributed by atoms with E-state index in [0.29, 0.717) is 11.5 Å². The van der Waals surface area contributed by atoms with Crippen LogP contribution < -0.4 is 0 Å². The third-order valence-electron chi connectivity index (χ3n) is 6.56. The minimum atomic E-state index is -3.64. The van der Waals surface area contributed by atoms with Crippen molar-refractivity contribution in [1.29, 1.82) is 0 Å². The summed E-state index contributed by atoms with van der Waals surface area (Å²) >= 11 is 0. The van der Waals surface area contributed by atoms with Crippen LogP contribution in [0.1, 0.15) is 62.8 Å². The van der Waals surface area contributed by atoms with Gasteiger partial charge in [0, 0.05) is 38.8 Å². The molecule has 9 heteroatoms. The first-order chi connectivity index (χ1) is 15.6. The van der Waals surface area contributed by atoms with Crippen molar-refractivity contribution >= 4 is 27.7 Å². The van der Waals surface area contributed by atoms with E-state index in [1.807, 2.05) is 12.1 Å². The highest BCUT2D eigenvalue weighted by Crippen LogP contribution is 2.25. The maximum absolute atomic E-state index is 13.1. The second kappa shape index (κ2) is 8.72. The van der Waals surface area contributed by atoms with E-state index in [0.717, 1.165) is 16.9 Å². The number of benzene rings is 2. The molecule has 33 heavy (non-hydrogen) atoms. The Labute approximate surface area is 193 Å². The van der Waals surface area contributed by atoms with E-state index in [1.165, 1.54) is 29.6 Å². The molecule has 1 atom stereocenters. The molecule has 0 aliphatic carbocycles. The van der Waals surface area contributed by atoms with Gasteiger partial charge in [-0.15, -0.1) is 0 Å². The van der Waals surface area contributed by atoms with Crippen LogP contribution in [0.25, 0.3) is 0 Å². The summed E-state index contributed by atoms with van der Waals surface area (Å²) in [5.41, 5.74) is 1.92. The molecule has 0 saturated carbocycles. The number of hydrogen-bond donors (Lipinski definition) is 0. The molecular formula is C24H27N3O5S. The predicted molar refractivity (Wildman–Crippen MR) is 123 cm³/mol. The molecule has 0 bridgehead atoms. The number of amides is 3. The molecule has 1 fully saturated rings. The fraction of sp³-hybridized carbons (Fsp3) is 0.375. The van der Waals surface area contributed by atoms with Crippen LogP contribution in [0.4, 0.5) is 0 Å². The SMILES string of the molecule is CCC(C)c1ccc(S(=O)(=O)N2CCN(C(=O)c3ccc4c(c3)C(=O)N(C)C4=O)CC2)cc1. The first kappa shape index (κ1) is 23.1. The van der Waals surface area contributed by atoms with E-state index < -0.39 is 15.9 Å². The lowest BCUT2D eigenvalue weighted by Crippen LogP contribution is -2.50. The van der Waals surface area contributed by atoms with Crippen molar-refractivity contribution in [2.75, 3.05) is 33.2 Å². The van der Waals surface area contributed by atoms with Crippen LogP contribution in [0.5, 0.6) is 0 Å². The highest BCUT2D eigenvalue weighted by Gasteiger charge is 2.35. The van der Waals surface area contributed by atoms with E-state index in [9.17, 15) is 22.8 Å². The minimum absolute atomic E-state index is 0.187. The van der Waals surface area contributed by atoms with Gasteiger partial charge in [-0.1, -0.05) is 26.0 Å². The van der Waals surface area contributed by atoms with Crippen molar-refractivity contribution in [2.24, 2.45) is 0 Å². The number of carbonyl (C=O) groups is 3. The summed E-state index contributed by atoms with van der Waals surface area (Å²) in [5.74, 6) is -0.739. The van der Waals surface area contributed by atoms with Gasteiger partial charge < -0.3 is 4.90 Å². The van der Waals surface area contributed by atoms with Gasteiger partial charge in [0.2, 0.25) is 10.0 Å². The number of fused-ring (bicyclic) bond motifs is 1. The Morgan fingerprint density at radius 1 is 0.939 bits per heavy atom. The Morgan fingerprint density at radius 3 is 2.15 bits per heavy atom. The van der Waals surface area contributed by atoms with Crippen molar-refractivity contribution in [3.63, 3.8) is 0 Å². The summed E-state index contributed by atoms with van der Waals surface area (Å²) in [6.07, 6.45) is 0.980.